The molecule has 1 aromatic carbocycles. The molecule has 0 spiro atoms. The number of nitrogens with two attached hydrogens (primary N) is 1. The van der Waals surface area contributed by atoms with E-state index in [1.807, 2.05) is 0 Å². The predicted octanol–water partition coefficient (Wildman–Crippen LogP) is 3.19. The first-order valence-corrected chi connectivity index (χ1v) is 11.4. The molecule has 1 saturated heterocycles. The fraction of sp³-hybridized carbons (Fsp3) is 0.294. The van der Waals surface area contributed by atoms with E-state index in [0.29, 0.717) is 31.5 Å². The Morgan fingerprint density at radius 1 is 1.21 bits per heavy atom. The summed E-state index contributed by atoms with van der Waals surface area (Å²) in [6.07, 6.45) is 1.39. The van der Waals surface area contributed by atoms with Crippen molar-refractivity contribution in [2.24, 2.45) is 11.7 Å². The molecule has 0 unspecified atom stereocenters. The minimum atomic E-state index is -3.90. The summed E-state index contributed by atoms with van der Waals surface area (Å²) in [6, 6.07) is 7.30. The van der Waals surface area contributed by atoms with Gasteiger partial charge in [0.25, 0.3) is 15.9 Å². The highest BCUT2D eigenvalue weighted by atomic mass is 35.5. The fourth-order valence-corrected chi connectivity index (χ4v) is 6.18. The van der Waals surface area contributed by atoms with Gasteiger partial charge in [-0.15, -0.1) is 11.3 Å². The van der Waals surface area contributed by atoms with Crippen LogP contribution in [0, 0.1) is 5.92 Å². The number of piperidine rings is 1. The summed E-state index contributed by atoms with van der Waals surface area (Å²) in [5, 5.41) is 0. The molecule has 1 aromatic heterocycles. The lowest BCUT2D eigenvalue weighted by atomic mass is 9.97. The monoisotopic (exact) mass is 461 g/mol. The molecule has 28 heavy (non-hydrogen) atoms. The Morgan fingerprint density at radius 2 is 1.89 bits per heavy atom. The van der Waals surface area contributed by atoms with Crippen molar-refractivity contribution in [2.75, 3.05) is 17.8 Å². The van der Waals surface area contributed by atoms with E-state index < -0.39 is 15.9 Å². The Bertz CT molecular complexity index is 1010. The minimum Gasteiger partial charge on any atom is -0.369 e. The molecule has 11 heteroatoms. The lowest BCUT2D eigenvalue weighted by Crippen LogP contribution is -2.44. The molecule has 2 aromatic rings. The second kappa shape index (κ2) is 8.28. The van der Waals surface area contributed by atoms with E-state index in [1.165, 1.54) is 30.3 Å². The molecular formula is C17H17Cl2N3O4S2. The molecule has 0 radical (unpaired) electrons. The van der Waals surface area contributed by atoms with Crippen LogP contribution in [0.5, 0.6) is 0 Å². The van der Waals surface area contributed by atoms with E-state index in [1.54, 1.807) is 4.90 Å². The van der Waals surface area contributed by atoms with Gasteiger partial charge in [-0.25, -0.2) is 8.42 Å². The third kappa shape index (κ3) is 4.60. The Balaban J connectivity index is 1.72. The number of primary amides is 1. The molecule has 0 saturated carbocycles. The number of amides is 2. The van der Waals surface area contributed by atoms with Crippen molar-refractivity contribution in [3.63, 3.8) is 0 Å². The number of thiophene rings is 1. The quantitative estimate of drug-likeness (QED) is 0.711. The molecule has 150 valence electrons. The van der Waals surface area contributed by atoms with E-state index in [4.69, 9.17) is 28.9 Å². The Kier molecular flexibility index (Phi) is 6.18. The largest absolute Gasteiger partial charge is 0.369 e. The number of nitrogens with one attached hydrogen (secondary N) is 1. The second-order valence-electron chi connectivity index (χ2n) is 6.36. The average molecular weight is 462 g/mol. The summed E-state index contributed by atoms with van der Waals surface area (Å²) in [4.78, 5) is 25.5. The third-order valence-corrected chi connectivity index (χ3v) is 7.54. The Hall–Kier alpha value is -1.81. The van der Waals surface area contributed by atoms with Gasteiger partial charge < -0.3 is 10.6 Å². The van der Waals surface area contributed by atoms with E-state index in [0.717, 1.165) is 11.3 Å². The molecule has 7 nitrogen and oxygen atoms in total. The van der Waals surface area contributed by atoms with Crippen molar-refractivity contribution in [3.8, 4) is 0 Å². The lowest BCUT2D eigenvalue weighted by molar-refractivity contribution is -0.123. The number of sulfonamides is 1. The van der Waals surface area contributed by atoms with Gasteiger partial charge >= 0.3 is 0 Å². The molecule has 0 bridgehead atoms. The lowest BCUT2D eigenvalue weighted by Gasteiger charge is -2.31. The van der Waals surface area contributed by atoms with Gasteiger partial charge in [0.15, 0.2) is 0 Å². The molecule has 2 amide bonds. The molecular weight excluding hydrogens is 445 g/mol. The number of hydrogen-bond acceptors (Lipinski definition) is 5. The fourth-order valence-electron chi connectivity index (χ4n) is 2.98. The van der Waals surface area contributed by atoms with Crippen LogP contribution in [0.1, 0.15) is 23.2 Å². The molecule has 0 aliphatic carbocycles. The summed E-state index contributed by atoms with van der Waals surface area (Å²) in [7, 11) is -3.90. The van der Waals surface area contributed by atoms with E-state index >= 15 is 0 Å². The van der Waals surface area contributed by atoms with Crippen molar-refractivity contribution in [2.45, 2.75) is 17.7 Å². The van der Waals surface area contributed by atoms with Gasteiger partial charge in [-0.1, -0.05) is 23.2 Å². The zero-order chi connectivity index (χ0) is 20.5. The molecule has 2 heterocycles. The third-order valence-electron chi connectivity index (χ3n) is 4.41. The maximum Gasteiger partial charge on any atom is 0.264 e. The van der Waals surface area contributed by atoms with Crippen LogP contribution in [0.25, 0.3) is 0 Å². The van der Waals surface area contributed by atoms with Crippen LogP contribution in [0.3, 0.4) is 0 Å². The van der Waals surface area contributed by atoms with Gasteiger partial charge in [-0.2, -0.15) is 0 Å². The number of hydrogen-bond donors (Lipinski definition) is 2. The SMILES string of the molecule is NC(=O)[C@@H]1CCCN(C(=O)c2ccc(NS(=O)(=O)c3cc(Cl)sc3Cl)cc2)C1. The van der Waals surface area contributed by atoms with Crippen LogP contribution in [-0.4, -0.2) is 38.2 Å². The number of benzene rings is 1. The zero-order valence-electron chi connectivity index (χ0n) is 14.5. The normalized spacial score (nSPS) is 17.4. The van der Waals surface area contributed by atoms with Gasteiger partial charge in [-0.05, 0) is 43.2 Å². The summed E-state index contributed by atoms with van der Waals surface area (Å²) in [5.74, 6) is -0.978. The average Bonchev–Trinajstić information content (AvgIpc) is 3.01. The first-order valence-electron chi connectivity index (χ1n) is 8.33. The topological polar surface area (TPSA) is 110 Å². The van der Waals surface area contributed by atoms with Gasteiger partial charge in [0, 0.05) is 24.3 Å². The van der Waals surface area contributed by atoms with Crippen LogP contribution in [0.15, 0.2) is 35.2 Å². The first kappa shape index (κ1) is 20.9. The summed E-state index contributed by atoms with van der Waals surface area (Å²) >= 11 is 12.7. The van der Waals surface area contributed by atoms with E-state index in [-0.39, 0.29) is 31.1 Å². The molecule has 1 aliphatic rings. The zero-order valence-corrected chi connectivity index (χ0v) is 17.7. The van der Waals surface area contributed by atoms with Crippen molar-refractivity contribution in [1.82, 2.24) is 4.90 Å². The highest BCUT2D eigenvalue weighted by molar-refractivity contribution is 7.93. The van der Waals surface area contributed by atoms with Gasteiger partial charge in [0.05, 0.1) is 10.3 Å². The highest BCUT2D eigenvalue weighted by Gasteiger charge is 2.27. The first-order chi connectivity index (χ1) is 13.2. The molecule has 1 aliphatic heterocycles. The van der Waals surface area contributed by atoms with Crippen LogP contribution in [-0.2, 0) is 14.8 Å². The number of carbonyl (C=O) groups is 2. The number of anilines is 1. The maximum absolute atomic E-state index is 12.6. The van der Waals surface area contributed by atoms with Crippen LogP contribution in [0.4, 0.5) is 5.69 Å². The Labute approximate surface area is 176 Å². The van der Waals surface area contributed by atoms with E-state index in [9.17, 15) is 18.0 Å². The number of nitrogens with zero attached hydrogens (tertiary/aromatic N) is 1. The highest BCUT2D eigenvalue weighted by Crippen LogP contribution is 2.35. The van der Waals surface area contributed by atoms with Crippen molar-refractivity contribution < 1.29 is 18.0 Å². The van der Waals surface area contributed by atoms with Crippen LogP contribution >= 0.6 is 34.5 Å². The Morgan fingerprint density at radius 3 is 2.46 bits per heavy atom. The van der Waals surface area contributed by atoms with Crippen molar-refractivity contribution in [1.29, 1.82) is 0 Å². The summed E-state index contributed by atoms with van der Waals surface area (Å²) < 4.78 is 27.6. The summed E-state index contributed by atoms with van der Waals surface area (Å²) in [5.41, 5.74) is 6.02. The number of rotatable bonds is 5. The van der Waals surface area contributed by atoms with Crippen LogP contribution < -0.4 is 10.5 Å². The molecule has 3 rings (SSSR count). The van der Waals surface area contributed by atoms with Crippen molar-refractivity contribution >= 4 is 62.1 Å². The van der Waals surface area contributed by atoms with E-state index in [2.05, 4.69) is 4.72 Å². The second-order valence-corrected chi connectivity index (χ2v) is 10.3. The van der Waals surface area contributed by atoms with Gasteiger partial charge in [0.2, 0.25) is 5.91 Å². The molecule has 1 atom stereocenters. The number of carbonyl (C=O) groups excluding carboxylic acids is 2. The number of likely N-dealkylation sites (tertiary alicyclic amines) is 1. The molecule has 3 N–H and O–H groups in total. The molecule has 1 fully saturated rings. The summed E-state index contributed by atoms with van der Waals surface area (Å²) in [6.45, 7) is 0.842. The van der Waals surface area contributed by atoms with Crippen molar-refractivity contribution in [3.05, 3.63) is 44.6 Å². The number of halogens is 2. The standard InChI is InChI=1S/C17H17Cl2N3O4S2/c18-14-8-13(15(19)27-14)28(25,26)21-12-5-3-10(4-6-12)17(24)22-7-1-2-11(9-22)16(20)23/h3-6,8,11,21H,1-2,7,9H2,(H2,20,23)/t11-/m1/s1. The predicted molar refractivity (Wildman–Crippen MR) is 109 cm³/mol. The smallest absolute Gasteiger partial charge is 0.264 e. The maximum atomic E-state index is 12.6. The van der Waals surface area contributed by atoms with Gasteiger partial charge in [-0.3, -0.25) is 14.3 Å². The minimum absolute atomic E-state index is 0.0680. The van der Waals surface area contributed by atoms with Gasteiger partial charge in [0.1, 0.15) is 9.23 Å². The van der Waals surface area contributed by atoms with Crippen LogP contribution in [0.2, 0.25) is 8.67 Å².